The van der Waals surface area contributed by atoms with E-state index in [1.807, 2.05) is 45.9 Å². The molecule has 3 heteroatoms. The molecule has 0 aliphatic rings. The Morgan fingerprint density at radius 3 is 2.53 bits per heavy atom. The molecule has 2 nitrogen and oxygen atoms in total. The lowest BCUT2D eigenvalue weighted by molar-refractivity contribution is -0.148. The summed E-state index contributed by atoms with van der Waals surface area (Å²) in [6.45, 7) is 7.56. The van der Waals surface area contributed by atoms with E-state index in [1.165, 1.54) is 11.6 Å². The summed E-state index contributed by atoms with van der Waals surface area (Å²) < 4.78 is 6.15. The predicted octanol–water partition coefficient (Wildman–Crippen LogP) is 4.11. The Labute approximate surface area is 111 Å². The summed E-state index contributed by atoms with van der Waals surface area (Å²) in [7, 11) is 0. The standard InChI is InChI=1S/C14H17BrO2/c1-10-5-6-11(12(15)9-10)7-8-13(16)17-14(2,3)4/h5-9H,1-4H3/b8-7+. The van der Waals surface area contributed by atoms with Crippen molar-refractivity contribution in [3.05, 3.63) is 39.9 Å². The van der Waals surface area contributed by atoms with Crippen molar-refractivity contribution in [1.82, 2.24) is 0 Å². The van der Waals surface area contributed by atoms with Crippen LogP contribution in [0.1, 0.15) is 31.9 Å². The van der Waals surface area contributed by atoms with Gasteiger partial charge < -0.3 is 4.74 Å². The van der Waals surface area contributed by atoms with Gasteiger partial charge >= 0.3 is 5.97 Å². The van der Waals surface area contributed by atoms with Gasteiger partial charge in [0.2, 0.25) is 0 Å². The lowest BCUT2D eigenvalue weighted by Crippen LogP contribution is -2.22. The summed E-state index contributed by atoms with van der Waals surface area (Å²) in [5.74, 6) is -0.329. The fraction of sp³-hybridized carbons (Fsp3) is 0.357. The lowest BCUT2D eigenvalue weighted by atomic mass is 10.1. The van der Waals surface area contributed by atoms with Gasteiger partial charge in [0.1, 0.15) is 5.60 Å². The average Bonchev–Trinajstić information content (AvgIpc) is 2.13. The summed E-state index contributed by atoms with van der Waals surface area (Å²) in [5, 5.41) is 0. The van der Waals surface area contributed by atoms with Crippen LogP contribution in [0, 0.1) is 6.92 Å². The maximum absolute atomic E-state index is 11.5. The minimum absolute atomic E-state index is 0.329. The van der Waals surface area contributed by atoms with Crippen LogP contribution in [-0.2, 0) is 9.53 Å². The smallest absolute Gasteiger partial charge is 0.331 e. The first-order chi connectivity index (χ1) is 7.78. The van der Waals surface area contributed by atoms with E-state index in [0.717, 1.165) is 10.0 Å². The number of carbonyl (C=O) groups is 1. The van der Waals surface area contributed by atoms with Crippen LogP contribution in [0.4, 0.5) is 0 Å². The van der Waals surface area contributed by atoms with Crippen LogP contribution in [0.2, 0.25) is 0 Å². The number of ether oxygens (including phenoxy) is 1. The van der Waals surface area contributed by atoms with Crippen LogP contribution < -0.4 is 0 Å². The molecule has 1 aromatic rings. The Balaban J connectivity index is 2.74. The van der Waals surface area contributed by atoms with E-state index in [0.29, 0.717) is 0 Å². The Kier molecular flexibility index (Phi) is 4.52. The second-order valence-corrected chi connectivity index (χ2v) is 5.75. The molecule has 0 N–H and O–H groups in total. The summed E-state index contributed by atoms with van der Waals surface area (Å²) in [4.78, 5) is 11.5. The number of halogens is 1. The molecular formula is C14H17BrO2. The van der Waals surface area contributed by atoms with Crippen molar-refractivity contribution in [3.8, 4) is 0 Å². The van der Waals surface area contributed by atoms with E-state index < -0.39 is 5.60 Å². The van der Waals surface area contributed by atoms with Crippen molar-refractivity contribution in [1.29, 1.82) is 0 Å². The van der Waals surface area contributed by atoms with E-state index >= 15 is 0 Å². The van der Waals surface area contributed by atoms with Gasteiger partial charge in [-0.3, -0.25) is 0 Å². The molecule has 0 aromatic heterocycles. The molecule has 0 aliphatic carbocycles. The van der Waals surface area contributed by atoms with Crippen molar-refractivity contribution in [2.45, 2.75) is 33.3 Å². The molecule has 92 valence electrons. The molecule has 0 atom stereocenters. The topological polar surface area (TPSA) is 26.3 Å². The number of rotatable bonds is 2. The Bertz CT molecular complexity index is 442. The van der Waals surface area contributed by atoms with Crippen molar-refractivity contribution >= 4 is 28.0 Å². The highest BCUT2D eigenvalue weighted by Gasteiger charge is 2.13. The van der Waals surface area contributed by atoms with Gasteiger partial charge in [-0.05, 0) is 51.0 Å². The molecule has 0 unspecified atom stereocenters. The average molecular weight is 297 g/mol. The molecule has 0 heterocycles. The summed E-state index contributed by atoms with van der Waals surface area (Å²) in [5.41, 5.74) is 1.68. The van der Waals surface area contributed by atoms with Gasteiger partial charge in [-0.15, -0.1) is 0 Å². The van der Waals surface area contributed by atoms with E-state index in [2.05, 4.69) is 15.9 Å². The van der Waals surface area contributed by atoms with Gasteiger partial charge in [0.05, 0.1) is 0 Å². The van der Waals surface area contributed by atoms with E-state index in [-0.39, 0.29) is 5.97 Å². The largest absolute Gasteiger partial charge is 0.457 e. The second kappa shape index (κ2) is 5.50. The third-order valence-electron chi connectivity index (χ3n) is 1.96. The third kappa shape index (κ3) is 5.18. The van der Waals surface area contributed by atoms with Crippen molar-refractivity contribution in [2.24, 2.45) is 0 Å². The van der Waals surface area contributed by atoms with Crippen LogP contribution in [-0.4, -0.2) is 11.6 Å². The van der Waals surface area contributed by atoms with E-state index in [4.69, 9.17) is 4.74 Å². The molecule has 0 saturated carbocycles. The van der Waals surface area contributed by atoms with Crippen molar-refractivity contribution in [3.63, 3.8) is 0 Å². The third-order valence-corrected chi connectivity index (χ3v) is 2.65. The highest BCUT2D eigenvalue weighted by atomic mass is 79.9. The Hall–Kier alpha value is -1.09. The lowest BCUT2D eigenvalue weighted by Gasteiger charge is -2.17. The van der Waals surface area contributed by atoms with Crippen molar-refractivity contribution in [2.75, 3.05) is 0 Å². The van der Waals surface area contributed by atoms with Crippen LogP contribution in [0.25, 0.3) is 6.08 Å². The van der Waals surface area contributed by atoms with Crippen LogP contribution in [0.15, 0.2) is 28.7 Å². The van der Waals surface area contributed by atoms with Crippen LogP contribution >= 0.6 is 15.9 Å². The highest BCUT2D eigenvalue weighted by Crippen LogP contribution is 2.19. The first-order valence-electron chi connectivity index (χ1n) is 5.45. The molecule has 17 heavy (non-hydrogen) atoms. The molecule has 0 spiro atoms. The van der Waals surface area contributed by atoms with Gasteiger partial charge in [0, 0.05) is 10.5 Å². The fourth-order valence-electron chi connectivity index (χ4n) is 1.26. The number of aryl methyl sites for hydroxylation is 1. The molecule has 1 rings (SSSR count). The van der Waals surface area contributed by atoms with Gasteiger partial charge in [-0.25, -0.2) is 4.79 Å². The van der Waals surface area contributed by atoms with Gasteiger partial charge in [-0.1, -0.05) is 28.1 Å². The number of esters is 1. The molecular weight excluding hydrogens is 280 g/mol. The molecule has 0 saturated heterocycles. The SMILES string of the molecule is Cc1ccc(/C=C/C(=O)OC(C)(C)C)c(Br)c1. The molecule has 0 fully saturated rings. The first kappa shape index (κ1) is 14.0. The predicted molar refractivity (Wildman–Crippen MR) is 73.8 cm³/mol. The van der Waals surface area contributed by atoms with Crippen LogP contribution in [0.3, 0.4) is 0 Å². The van der Waals surface area contributed by atoms with Gasteiger partial charge in [-0.2, -0.15) is 0 Å². The molecule has 0 aliphatic heterocycles. The summed E-state index contributed by atoms with van der Waals surface area (Å²) in [6.07, 6.45) is 3.19. The number of hydrogen-bond donors (Lipinski definition) is 0. The molecule has 0 radical (unpaired) electrons. The first-order valence-corrected chi connectivity index (χ1v) is 6.24. The minimum Gasteiger partial charge on any atom is -0.457 e. The Morgan fingerprint density at radius 1 is 1.35 bits per heavy atom. The summed E-state index contributed by atoms with van der Waals surface area (Å²) >= 11 is 3.46. The monoisotopic (exact) mass is 296 g/mol. The van der Waals surface area contributed by atoms with E-state index in [9.17, 15) is 4.79 Å². The maximum Gasteiger partial charge on any atom is 0.331 e. The molecule has 0 bridgehead atoms. The zero-order valence-corrected chi connectivity index (χ0v) is 12.2. The molecule has 1 aromatic carbocycles. The quantitative estimate of drug-likeness (QED) is 0.606. The number of hydrogen-bond acceptors (Lipinski definition) is 2. The zero-order valence-electron chi connectivity index (χ0n) is 10.6. The van der Waals surface area contributed by atoms with E-state index in [1.54, 1.807) is 6.08 Å². The molecule has 0 amide bonds. The normalized spacial score (nSPS) is 11.8. The fourth-order valence-corrected chi connectivity index (χ4v) is 1.89. The minimum atomic E-state index is -0.452. The maximum atomic E-state index is 11.5. The number of carbonyl (C=O) groups excluding carboxylic acids is 1. The highest BCUT2D eigenvalue weighted by molar-refractivity contribution is 9.10. The second-order valence-electron chi connectivity index (χ2n) is 4.89. The van der Waals surface area contributed by atoms with Crippen molar-refractivity contribution < 1.29 is 9.53 Å². The Morgan fingerprint density at radius 2 is 2.00 bits per heavy atom. The number of benzene rings is 1. The zero-order chi connectivity index (χ0) is 13.1. The van der Waals surface area contributed by atoms with Gasteiger partial charge in [0.15, 0.2) is 0 Å². The van der Waals surface area contributed by atoms with Crippen LogP contribution in [0.5, 0.6) is 0 Å². The summed E-state index contributed by atoms with van der Waals surface area (Å²) in [6, 6.07) is 5.97. The van der Waals surface area contributed by atoms with Gasteiger partial charge in [0.25, 0.3) is 0 Å².